The molecule has 5 heteroatoms. The molecule has 1 saturated heterocycles. The third kappa shape index (κ3) is 2.40. The molecule has 1 aliphatic carbocycles. The Morgan fingerprint density at radius 3 is 2.53 bits per heavy atom. The smallest absolute Gasteiger partial charge is 0.318 e. The number of nitrogens with two attached hydrogens (primary N) is 1. The number of nitrogens with one attached hydrogen (secondary N) is 1. The summed E-state index contributed by atoms with van der Waals surface area (Å²) in [5.41, 5.74) is 5.28. The summed E-state index contributed by atoms with van der Waals surface area (Å²) in [5, 5.41) is 2.89. The molecule has 5 nitrogen and oxygen atoms in total. The lowest BCUT2D eigenvalue weighted by Crippen LogP contribution is -2.54. The van der Waals surface area contributed by atoms with Crippen LogP contribution in [0, 0.1) is 0 Å². The van der Waals surface area contributed by atoms with Crippen LogP contribution in [-0.2, 0) is 4.79 Å². The van der Waals surface area contributed by atoms with Crippen LogP contribution in [0.15, 0.2) is 0 Å². The van der Waals surface area contributed by atoms with Crippen LogP contribution in [0.4, 0.5) is 4.79 Å². The molecular weight excluding hydrogens is 194 g/mol. The lowest BCUT2D eigenvalue weighted by Gasteiger charge is -2.33. The predicted octanol–water partition coefficient (Wildman–Crippen LogP) is 0.198. The summed E-state index contributed by atoms with van der Waals surface area (Å²) >= 11 is 0. The Labute approximate surface area is 89.0 Å². The molecule has 0 bridgehead atoms. The van der Waals surface area contributed by atoms with Gasteiger partial charge < -0.3 is 16.0 Å². The number of carbonyl (C=O) groups excluding carboxylic acids is 2. The largest absolute Gasteiger partial charge is 0.368 e. The maximum atomic E-state index is 11.8. The molecule has 0 aromatic rings. The second kappa shape index (κ2) is 4.08. The maximum Gasteiger partial charge on any atom is 0.318 e. The second-order valence-corrected chi connectivity index (χ2v) is 4.33. The molecule has 84 valence electrons. The summed E-state index contributed by atoms with van der Waals surface area (Å²) in [6.45, 7) is 0.645. The van der Waals surface area contributed by atoms with E-state index in [2.05, 4.69) is 5.32 Å². The van der Waals surface area contributed by atoms with Crippen LogP contribution in [0.5, 0.6) is 0 Å². The van der Waals surface area contributed by atoms with Crippen molar-refractivity contribution in [3.8, 4) is 0 Å². The van der Waals surface area contributed by atoms with Gasteiger partial charge in [0, 0.05) is 12.6 Å². The van der Waals surface area contributed by atoms with Crippen molar-refractivity contribution in [1.29, 1.82) is 0 Å². The minimum Gasteiger partial charge on any atom is -0.368 e. The highest BCUT2D eigenvalue weighted by atomic mass is 16.2. The SMILES string of the molecule is NC(=O)C1CCCCN1C(=O)NC1CC1. The van der Waals surface area contributed by atoms with Gasteiger partial charge in [-0.25, -0.2) is 4.79 Å². The van der Waals surface area contributed by atoms with Gasteiger partial charge in [0.2, 0.25) is 5.91 Å². The molecule has 1 heterocycles. The summed E-state index contributed by atoms with van der Waals surface area (Å²) in [6.07, 6.45) is 4.75. The van der Waals surface area contributed by atoms with E-state index in [4.69, 9.17) is 5.73 Å². The predicted molar refractivity (Wildman–Crippen MR) is 55.1 cm³/mol. The van der Waals surface area contributed by atoms with Crippen molar-refractivity contribution in [2.75, 3.05) is 6.54 Å². The van der Waals surface area contributed by atoms with Crippen molar-refractivity contribution in [2.24, 2.45) is 5.73 Å². The first-order valence-electron chi connectivity index (χ1n) is 5.55. The van der Waals surface area contributed by atoms with E-state index in [1.807, 2.05) is 0 Å². The van der Waals surface area contributed by atoms with E-state index in [1.165, 1.54) is 0 Å². The lowest BCUT2D eigenvalue weighted by molar-refractivity contribution is -0.123. The Hall–Kier alpha value is -1.26. The lowest BCUT2D eigenvalue weighted by atomic mass is 10.0. The quantitative estimate of drug-likeness (QED) is 0.684. The summed E-state index contributed by atoms with van der Waals surface area (Å²) in [5.74, 6) is -0.388. The molecule has 0 aromatic carbocycles. The molecule has 1 unspecified atom stereocenters. The second-order valence-electron chi connectivity index (χ2n) is 4.33. The van der Waals surface area contributed by atoms with E-state index in [9.17, 15) is 9.59 Å². The van der Waals surface area contributed by atoms with Gasteiger partial charge in [-0.3, -0.25) is 4.79 Å². The minimum atomic E-state index is -0.405. The molecule has 3 amide bonds. The highest BCUT2D eigenvalue weighted by Crippen LogP contribution is 2.21. The van der Waals surface area contributed by atoms with Gasteiger partial charge in [0.15, 0.2) is 0 Å². The Morgan fingerprint density at radius 2 is 1.93 bits per heavy atom. The standard InChI is InChI=1S/C10H17N3O2/c11-9(14)8-3-1-2-6-13(8)10(15)12-7-4-5-7/h7-8H,1-6H2,(H2,11,14)(H,12,15). The third-order valence-electron chi connectivity index (χ3n) is 3.00. The van der Waals surface area contributed by atoms with E-state index >= 15 is 0 Å². The highest BCUT2D eigenvalue weighted by Gasteiger charge is 2.33. The van der Waals surface area contributed by atoms with E-state index in [-0.39, 0.29) is 11.9 Å². The molecule has 0 aromatic heterocycles. The van der Waals surface area contributed by atoms with Crippen molar-refractivity contribution in [2.45, 2.75) is 44.2 Å². The monoisotopic (exact) mass is 211 g/mol. The zero-order chi connectivity index (χ0) is 10.8. The van der Waals surface area contributed by atoms with Crippen LogP contribution in [0.2, 0.25) is 0 Å². The van der Waals surface area contributed by atoms with Gasteiger partial charge in [-0.15, -0.1) is 0 Å². The number of hydrogen-bond acceptors (Lipinski definition) is 2. The van der Waals surface area contributed by atoms with Crippen LogP contribution in [-0.4, -0.2) is 35.5 Å². The number of nitrogens with zero attached hydrogens (tertiary/aromatic N) is 1. The first kappa shape index (κ1) is 10.3. The van der Waals surface area contributed by atoms with E-state index in [0.29, 0.717) is 19.0 Å². The van der Waals surface area contributed by atoms with Gasteiger partial charge in [-0.2, -0.15) is 0 Å². The Kier molecular flexibility index (Phi) is 2.79. The summed E-state index contributed by atoms with van der Waals surface area (Å²) in [4.78, 5) is 24.5. The number of carbonyl (C=O) groups is 2. The van der Waals surface area contributed by atoms with Crippen LogP contribution in [0.25, 0.3) is 0 Å². The molecule has 2 rings (SSSR count). The molecule has 2 aliphatic rings. The van der Waals surface area contributed by atoms with Crippen LogP contribution in [0.1, 0.15) is 32.1 Å². The molecule has 0 radical (unpaired) electrons. The third-order valence-corrected chi connectivity index (χ3v) is 3.00. The fraction of sp³-hybridized carbons (Fsp3) is 0.800. The minimum absolute atomic E-state index is 0.124. The average molecular weight is 211 g/mol. The van der Waals surface area contributed by atoms with Crippen LogP contribution < -0.4 is 11.1 Å². The average Bonchev–Trinajstić information content (AvgIpc) is 3.01. The number of hydrogen-bond donors (Lipinski definition) is 2. The number of piperidine rings is 1. The number of likely N-dealkylation sites (tertiary alicyclic amines) is 1. The van der Waals surface area contributed by atoms with Gasteiger partial charge in [0.05, 0.1) is 0 Å². The highest BCUT2D eigenvalue weighted by molar-refractivity contribution is 5.86. The molecule has 0 spiro atoms. The summed E-state index contributed by atoms with van der Waals surface area (Å²) in [6, 6.07) is -0.202. The molecular formula is C10H17N3O2. The fourth-order valence-electron chi connectivity index (χ4n) is 1.96. The molecule has 1 aliphatic heterocycles. The van der Waals surface area contributed by atoms with Gasteiger partial charge in [0.1, 0.15) is 6.04 Å². The topological polar surface area (TPSA) is 75.4 Å². The van der Waals surface area contributed by atoms with Gasteiger partial charge in [0.25, 0.3) is 0 Å². The summed E-state index contributed by atoms with van der Waals surface area (Å²) in [7, 11) is 0. The number of primary amides is 1. The molecule has 2 fully saturated rings. The van der Waals surface area contributed by atoms with E-state index in [0.717, 1.165) is 25.7 Å². The Balaban J connectivity index is 1.96. The fourth-order valence-corrected chi connectivity index (χ4v) is 1.96. The first-order valence-corrected chi connectivity index (χ1v) is 5.55. The van der Waals surface area contributed by atoms with Gasteiger partial charge in [-0.05, 0) is 32.1 Å². The maximum absolute atomic E-state index is 11.8. The van der Waals surface area contributed by atoms with Crippen LogP contribution in [0.3, 0.4) is 0 Å². The zero-order valence-corrected chi connectivity index (χ0v) is 8.74. The van der Waals surface area contributed by atoms with Crippen molar-refractivity contribution in [3.05, 3.63) is 0 Å². The van der Waals surface area contributed by atoms with E-state index < -0.39 is 6.04 Å². The first-order chi connectivity index (χ1) is 7.18. The molecule has 1 saturated carbocycles. The van der Waals surface area contributed by atoms with Gasteiger partial charge in [-0.1, -0.05) is 0 Å². The Bertz CT molecular complexity index is 276. The Morgan fingerprint density at radius 1 is 1.20 bits per heavy atom. The van der Waals surface area contributed by atoms with Crippen molar-refractivity contribution >= 4 is 11.9 Å². The molecule has 3 N–H and O–H groups in total. The normalized spacial score (nSPS) is 26.1. The van der Waals surface area contributed by atoms with Crippen LogP contribution >= 0.6 is 0 Å². The zero-order valence-electron chi connectivity index (χ0n) is 8.74. The summed E-state index contributed by atoms with van der Waals surface area (Å²) < 4.78 is 0. The van der Waals surface area contributed by atoms with Crippen molar-refractivity contribution in [3.63, 3.8) is 0 Å². The number of urea groups is 1. The van der Waals surface area contributed by atoms with Crippen molar-refractivity contribution in [1.82, 2.24) is 10.2 Å². The van der Waals surface area contributed by atoms with Gasteiger partial charge >= 0.3 is 6.03 Å². The molecule has 1 atom stereocenters. The van der Waals surface area contributed by atoms with Crippen molar-refractivity contribution < 1.29 is 9.59 Å². The number of rotatable bonds is 2. The molecule has 15 heavy (non-hydrogen) atoms. The van der Waals surface area contributed by atoms with E-state index in [1.54, 1.807) is 4.90 Å². The number of amides is 3.